The van der Waals surface area contributed by atoms with Crippen LogP contribution in [0.1, 0.15) is 29.8 Å². The Morgan fingerprint density at radius 3 is 2.61 bits per heavy atom. The average molecular weight is 338 g/mol. The number of carbonyl (C=O) groups is 2. The Labute approximate surface area is 160 Å². The molecule has 3 rings (SSSR count). The van der Waals surface area contributed by atoms with Gasteiger partial charge in [-0.15, -0.1) is 0 Å². The van der Waals surface area contributed by atoms with Gasteiger partial charge < -0.3 is 15.2 Å². The van der Waals surface area contributed by atoms with Gasteiger partial charge >= 0.3 is 29.6 Å². The van der Waals surface area contributed by atoms with Crippen molar-refractivity contribution >= 4 is 23.4 Å². The molecule has 1 N–H and O–H groups in total. The number of amides is 1. The molecule has 1 unspecified atom stereocenters. The summed E-state index contributed by atoms with van der Waals surface area (Å²) in [4.78, 5) is 24.9. The zero-order valence-electron chi connectivity index (χ0n) is 13.0. The molecule has 1 aromatic heterocycles. The summed E-state index contributed by atoms with van der Waals surface area (Å²) >= 11 is 1.31. The Morgan fingerprint density at radius 1 is 1.35 bits per heavy atom. The number of benzene rings is 1. The second-order valence-corrected chi connectivity index (χ2v) is 6.39. The van der Waals surface area contributed by atoms with E-state index in [1.54, 1.807) is 30.5 Å². The second-order valence-electron chi connectivity index (χ2n) is 5.53. The SMILES string of the molecule is CC(NC(=O)[C@@H]1C[C@@]1(C(=O)[O-])c1ccccc1)c1ccns1.[Na+]. The smallest absolute Gasteiger partial charge is 0.549 e. The van der Waals surface area contributed by atoms with Crippen molar-refractivity contribution in [3.63, 3.8) is 0 Å². The molecule has 0 aliphatic heterocycles. The molecule has 0 bridgehead atoms. The monoisotopic (exact) mass is 338 g/mol. The van der Waals surface area contributed by atoms with E-state index in [9.17, 15) is 14.7 Å². The number of hydrogen-bond donors (Lipinski definition) is 1. The summed E-state index contributed by atoms with van der Waals surface area (Å²) in [7, 11) is 0. The van der Waals surface area contributed by atoms with Crippen LogP contribution >= 0.6 is 11.5 Å². The van der Waals surface area contributed by atoms with E-state index < -0.39 is 17.3 Å². The molecule has 0 spiro atoms. The van der Waals surface area contributed by atoms with E-state index in [0.717, 1.165) is 4.88 Å². The summed E-state index contributed by atoms with van der Waals surface area (Å²) in [5.74, 6) is -2.03. The first kappa shape index (κ1) is 18.1. The third kappa shape index (κ3) is 3.35. The first-order chi connectivity index (χ1) is 10.6. The molecule has 2 aromatic rings. The second kappa shape index (κ2) is 7.13. The summed E-state index contributed by atoms with van der Waals surface area (Å²) in [6.07, 6.45) is 1.95. The third-order valence-corrected chi connectivity index (χ3v) is 5.10. The molecule has 7 heteroatoms. The number of nitrogens with one attached hydrogen (secondary N) is 1. The standard InChI is InChI=1S/C16H16N2O3S.Na/c1-10(13-7-8-17-22-13)18-14(19)12-9-16(12,15(20)21)11-5-3-2-4-6-11;/h2-8,10,12H,9H2,1H3,(H,18,19)(H,20,21);/q;+1/p-1/t10?,12-,16+;/m0./s1. The number of hydrogen-bond acceptors (Lipinski definition) is 5. The average Bonchev–Trinajstić information content (AvgIpc) is 3.05. The topological polar surface area (TPSA) is 82.1 Å². The molecule has 0 radical (unpaired) electrons. The van der Waals surface area contributed by atoms with Gasteiger partial charge in [0.1, 0.15) is 0 Å². The van der Waals surface area contributed by atoms with Crippen molar-refractivity contribution in [1.29, 1.82) is 0 Å². The first-order valence-corrected chi connectivity index (χ1v) is 7.81. The van der Waals surface area contributed by atoms with Crippen molar-refractivity contribution in [1.82, 2.24) is 9.69 Å². The first-order valence-electron chi connectivity index (χ1n) is 7.03. The van der Waals surface area contributed by atoms with E-state index in [1.165, 1.54) is 11.5 Å². The molecule has 5 nitrogen and oxygen atoms in total. The van der Waals surface area contributed by atoms with E-state index in [1.807, 2.05) is 19.1 Å². The maximum atomic E-state index is 12.4. The Bertz CT molecular complexity index is 693. The number of carbonyl (C=O) groups excluding carboxylic acids is 2. The molecule has 23 heavy (non-hydrogen) atoms. The predicted octanol–water partition coefficient (Wildman–Crippen LogP) is -1.97. The van der Waals surface area contributed by atoms with Crippen LogP contribution in [0.25, 0.3) is 0 Å². The molecule has 1 amide bonds. The normalized spacial score (nSPS) is 23.4. The zero-order valence-corrected chi connectivity index (χ0v) is 15.8. The van der Waals surface area contributed by atoms with Crippen molar-refractivity contribution in [3.05, 3.63) is 53.0 Å². The van der Waals surface area contributed by atoms with Crippen LogP contribution in [0.15, 0.2) is 42.6 Å². The fraction of sp³-hybridized carbons (Fsp3) is 0.312. The maximum absolute atomic E-state index is 12.4. The van der Waals surface area contributed by atoms with Crippen LogP contribution in [0.5, 0.6) is 0 Å². The van der Waals surface area contributed by atoms with Crippen LogP contribution in [0.4, 0.5) is 0 Å². The van der Waals surface area contributed by atoms with E-state index in [2.05, 4.69) is 9.69 Å². The maximum Gasteiger partial charge on any atom is 1.00 e. The molecule has 1 fully saturated rings. The number of carboxylic acids is 1. The van der Waals surface area contributed by atoms with Gasteiger partial charge in [0.15, 0.2) is 0 Å². The predicted molar refractivity (Wildman–Crippen MR) is 79.9 cm³/mol. The zero-order chi connectivity index (χ0) is 15.7. The van der Waals surface area contributed by atoms with Gasteiger partial charge in [0.2, 0.25) is 5.91 Å². The van der Waals surface area contributed by atoms with E-state index in [0.29, 0.717) is 5.56 Å². The summed E-state index contributed by atoms with van der Waals surface area (Å²) in [6, 6.07) is 10.5. The fourth-order valence-electron chi connectivity index (χ4n) is 2.81. The summed E-state index contributed by atoms with van der Waals surface area (Å²) < 4.78 is 4.00. The minimum absolute atomic E-state index is 0. The van der Waals surface area contributed by atoms with Crippen molar-refractivity contribution in [2.24, 2.45) is 5.92 Å². The van der Waals surface area contributed by atoms with Gasteiger partial charge in [-0.1, -0.05) is 30.3 Å². The summed E-state index contributed by atoms with van der Waals surface area (Å²) in [6.45, 7) is 1.86. The molecule has 1 aliphatic rings. The van der Waals surface area contributed by atoms with E-state index >= 15 is 0 Å². The number of nitrogens with zero attached hydrogens (tertiary/aromatic N) is 1. The Hall–Kier alpha value is -1.21. The molecule has 1 saturated carbocycles. The summed E-state index contributed by atoms with van der Waals surface area (Å²) in [5.41, 5.74) is -0.570. The van der Waals surface area contributed by atoms with Crippen molar-refractivity contribution < 1.29 is 44.3 Å². The van der Waals surface area contributed by atoms with Crippen molar-refractivity contribution in [2.45, 2.75) is 24.8 Å². The molecule has 1 heterocycles. The molecule has 1 aromatic carbocycles. The van der Waals surface area contributed by atoms with Crippen LogP contribution in [-0.4, -0.2) is 16.3 Å². The molecular formula is C16H15N2NaO3S. The minimum Gasteiger partial charge on any atom is -0.549 e. The number of aromatic nitrogens is 1. The van der Waals surface area contributed by atoms with Crippen molar-refractivity contribution in [2.75, 3.05) is 0 Å². The van der Waals surface area contributed by atoms with Crippen LogP contribution in [0.2, 0.25) is 0 Å². The molecule has 1 aliphatic carbocycles. The summed E-state index contributed by atoms with van der Waals surface area (Å²) in [5, 5.41) is 14.5. The van der Waals surface area contributed by atoms with Gasteiger partial charge in [0.25, 0.3) is 0 Å². The Kier molecular flexibility index (Phi) is 5.62. The van der Waals surface area contributed by atoms with Gasteiger partial charge in [-0.25, -0.2) is 4.37 Å². The Morgan fingerprint density at radius 2 is 2.04 bits per heavy atom. The van der Waals surface area contributed by atoms with Gasteiger partial charge in [-0.05, 0) is 36.5 Å². The Balaban J connectivity index is 0.00000192. The van der Waals surface area contributed by atoms with Gasteiger partial charge in [-0.2, -0.15) is 0 Å². The molecule has 114 valence electrons. The molecule has 3 atom stereocenters. The van der Waals surface area contributed by atoms with Gasteiger partial charge in [0, 0.05) is 16.5 Å². The van der Waals surface area contributed by atoms with Crippen LogP contribution in [-0.2, 0) is 15.0 Å². The quantitative estimate of drug-likeness (QED) is 0.642. The van der Waals surface area contributed by atoms with Crippen LogP contribution in [0.3, 0.4) is 0 Å². The number of rotatable bonds is 5. The van der Waals surface area contributed by atoms with Gasteiger partial charge in [0.05, 0.1) is 17.9 Å². The van der Waals surface area contributed by atoms with Gasteiger partial charge in [-0.3, -0.25) is 4.79 Å². The number of aliphatic carboxylic acids is 1. The van der Waals surface area contributed by atoms with Crippen molar-refractivity contribution in [3.8, 4) is 0 Å². The van der Waals surface area contributed by atoms with E-state index in [4.69, 9.17) is 0 Å². The van der Waals surface area contributed by atoms with Crippen LogP contribution in [0, 0.1) is 5.92 Å². The molecule has 0 saturated heterocycles. The number of carboxylic acid groups (broad SMARTS) is 1. The van der Waals surface area contributed by atoms with E-state index in [-0.39, 0.29) is 47.9 Å². The molecular weight excluding hydrogens is 323 g/mol. The fourth-order valence-corrected chi connectivity index (χ4v) is 3.39. The van der Waals surface area contributed by atoms with Crippen LogP contribution < -0.4 is 40.0 Å². The third-order valence-electron chi connectivity index (χ3n) is 4.17. The minimum atomic E-state index is -1.20. The largest absolute Gasteiger partial charge is 1.00 e.